The van der Waals surface area contributed by atoms with Crippen molar-refractivity contribution in [2.75, 3.05) is 13.6 Å². The molecule has 124 valence electrons. The zero-order chi connectivity index (χ0) is 16.7. The van der Waals surface area contributed by atoms with Crippen LogP contribution in [0.4, 0.5) is 4.39 Å². The summed E-state index contributed by atoms with van der Waals surface area (Å²) in [6.45, 7) is 5.19. The van der Waals surface area contributed by atoms with E-state index in [1.807, 2.05) is 26.0 Å². The second kappa shape index (κ2) is 8.31. The van der Waals surface area contributed by atoms with Crippen LogP contribution < -0.4 is 10.6 Å². The molecule has 0 saturated carbocycles. The van der Waals surface area contributed by atoms with Crippen molar-refractivity contribution in [1.29, 1.82) is 0 Å². The second-order valence-electron chi connectivity index (χ2n) is 5.31. The van der Waals surface area contributed by atoms with Gasteiger partial charge in [-0.05, 0) is 43.0 Å². The summed E-state index contributed by atoms with van der Waals surface area (Å²) in [5.74, 6) is 1.27. The number of rotatable bonds is 6. The van der Waals surface area contributed by atoms with E-state index in [1.165, 1.54) is 6.07 Å². The van der Waals surface area contributed by atoms with E-state index in [2.05, 4.69) is 20.8 Å². The number of hydrogen-bond donors (Lipinski definition) is 2. The first-order valence-corrected chi connectivity index (χ1v) is 7.76. The molecule has 1 heterocycles. The van der Waals surface area contributed by atoms with Crippen molar-refractivity contribution < 1.29 is 8.91 Å². The maximum absolute atomic E-state index is 13.1. The van der Waals surface area contributed by atoms with E-state index in [0.717, 1.165) is 35.4 Å². The highest BCUT2D eigenvalue weighted by Crippen LogP contribution is 2.10. The fourth-order valence-electron chi connectivity index (χ4n) is 2.25. The van der Waals surface area contributed by atoms with E-state index >= 15 is 0 Å². The Kier molecular flexibility index (Phi) is 6.14. The van der Waals surface area contributed by atoms with Gasteiger partial charge in [-0.25, -0.2) is 4.39 Å². The molecule has 0 unspecified atom stereocenters. The van der Waals surface area contributed by atoms with Gasteiger partial charge in [0.2, 0.25) is 0 Å². The highest BCUT2D eigenvalue weighted by molar-refractivity contribution is 5.79. The number of nitrogens with one attached hydrogen (secondary N) is 2. The molecule has 0 fully saturated rings. The van der Waals surface area contributed by atoms with Gasteiger partial charge in [-0.1, -0.05) is 18.1 Å². The van der Waals surface area contributed by atoms with Crippen LogP contribution in [0, 0.1) is 12.7 Å². The number of halogens is 1. The lowest BCUT2D eigenvalue weighted by atomic mass is 10.1. The fraction of sp³-hybridized carbons (Fsp3) is 0.412. The summed E-state index contributed by atoms with van der Waals surface area (Å²) in [7, 11) is 1.72. The molecule has 0 radical (unpaired) electrons. The minimum Gasteiger partial charge on any atom is -0.359 e. The van der Waals surface area contributed by atoms with Gasteiger partial charge in [0.15, 0.2) is 11.7 Å². The Morgan fingerprint density at radius 3 is 2.78 bits per heavy atom. The summed E-state index contributed by atoms with van der Waals surface area (Å²) in [4.78, 5) is 4.17. The summed E-state index contributed by atoms with van der Waals surface area (Å²) in [6, 6.07) is 6.80. The molecule has 0 aliphatic rings. The van der Waals surface area contributed by atoms with E-state index in [-0.39, 0.29) is 5.82 Å². The van der Waals surface area contributed by atoms with E-state index in [1.54, 1.807) is 13.1 Å². The maximum atomic E-state index is 13.1. The van der Waals surface area contributed by atoms with Crippen molar-refractivity contribution in [2.24, 2.45) is 4.99 Å². The molecule has 2 aromatic rings. The highest BCUT2D eigenvalue weighted by Gasteiger charge is 2.05. The molecule has 0 bridgehead atoms. The molecule has 5 nitrogen and oxygen atoms in total. The Hall–Kier alpha value is -2.37. The molecular formula is C17H23FN4O. The topological polar surface area (TPSA) is 62.5 Å². The Bertz CT molecular complexity index is 666. The minimum absolute atomic E-state index is 0.199. The Morgan fingerprint density at radius 1 is 1.30 bits per heavy atom. The zero-order valence-electron chi connectivity index (χ0n) is 13.8. The quantitative estimate of drug-likeness (QED) is 0.635. The lowest BCUT2D eigenvalue weighted by Crippen LogP contribution is -2.37. The standard InChI is InChI=1S/C17H23FN4O/c1-4-15-10-16(23-22-15)11-21-17(19-3)20-8-7-13-5-6-14(18)9-12(13)2/h5-6,9-10H,4,7-8,11H2,1-3H3,(H2,19,20,21). The maximum Gasteiger partial charge on any atom is 0.191 e. The molecule has 2 N–H and O–H groups in total. The molecule has 2 rings (SSSR count). The molecule has 0 spiro atoms. The third kappa shape index (κ3) is 5.09. The molecular weight excluding hydrogens is 295 g/mol. The predicted molar refractivity (Wildman–Crippen MR) is 88.9 cm³/mol. The summed E-state index contributed by atoms with van der Waals surface area (Å²) in [5, 5.41) is 10.4. The average molecular weight is 318 g/mol. The Balaban J connectivity index is 1.78. The number of aryl methyl sites for hydroxylation is 2. The van der Waals surface area contributed by atoms with Gasteiger partial charge >= 0.3 is 0 Å². The Labute approximate surface area is 136 Å². The van der Waals surface area contributed by atoms with Crippen LogP contribution in [0.25, 0.3) is 0 Å². The average Bonchev–Trinajstić information content (AvgIpc) is 3.00. The second-order valence-corrected chi connectivity index (χ2v) is 5.31. The van der Waals surface area contributed by atoms with Crippen LogP contribution >= 0.6 is 0 Å². The van der Waals surface area contributed by atoms with Crippen molar-refractivity contribution in [2.45, 2.75) is 33.2 Å². The fourth-order valence-corrected chi connectivity index (χ4v) is 2.25. The van der Waals surface area contributed by atoms with Crippen molar-refractivity contribution >= 4 is 5.96 Å². The van der Waals surface area contributed by atoms with Crippen LogP contribution in [0.15, 0.2) is 33.8 Å². The van der Waals surface area contributed by atoms with Crippen molar-refractivity contribution in [1.82, 2.24) is 15.8 Å². The van der Waals surface area contributed by atoms with Gasteiger partial charge < -0.3 is 15.2 Å². The smallest absolute Gasteiger partial charge is 0.191 e. The van der Waals surface area contributed by atoms with Gasteiger partial charge in [-0.3, -0.25) is 4.99 Å². The normalized spacial score (nSPS) is 11.6. The van der Waals surface area contributed by atoms with Crippen LogP contribution in [0.3, 0.4) is 0 Å². The van der Waals surface area contributed by atoms with E-state index < -0.39 is 0 Å². The van der Waals surface area contributed by atoms with Gasteiger partial charge in [0, 0.05) is 19.7 Å². The number of nitrogens with zero attached hydrogens (tertiary/aromatic N) is 2. The molecule has 0 aliphatic carbocycles. The predicted octanol–water partition coefficient (Wildman–Crippen LogP) is 2.59. The number of aromatic nitrogens is 1. The lowest BCUT2D eigenvalue weighted by molar-refractivity contribution is 0.374. The molecule has 23 heavy (non-hydrogen) atoms. The van der Waals surface area contributed by atoms with Gasteiger partial charge in [-0.2, -0.15) is 0 Å². The highest BCUT2D eigenvalue weighted by atomic mass is 19.1. The molecule has 0 aliphatic heterocycles. The van der Waals surface area contributed by atoms with Crippen molar-refractivity contribution in [3.05, 3.63) is 52.7 Å². The van der Waals surface area contributed by atoms with Gasteiger partial charge in [0.1, 0.15) is 5.82 Å². The first-order chi connectivity index (χ1) is 11.1. The largest absolute Gasteiger partial charge is 0.359 e. The van der Waals surface area contributed by atoms with Gasteiger partial charge in [0.25, 0.3) is 0 Å². The first-order valence-electron chi connectivity index (χ1n) is 7.76. The monoisotopic (exact) mass is 318 g/mol. The number of guanidine groups is 1. The van der Waals surface area contributed by atoms with Crippen LogP contribution in [-0.2, 0) is 19.4 Å². The van der Waals surface area contributed by atoms with Gasteiger partial charge in [-0.15, -0.1) is 0 Å². The van der Waals surface area contributed by atoms with E-state index in [9.17, 15) is 4.39 Å². The molecule has 0 saturated heterocycles. The number of aliphatic imine (C=N–C) groups is 1. The lowest BCUT2D eigenvalue weighted by Gasteiger charge is -2.11. The minimum atomic E-state index is -0.199. The molecule has 6 heteroatoms. The SMILES string of the molecule is CCc1cc(CNC(=NC)NCCc2ccc(F)cc2C)on1. The third-order valence-electron chi connectivity index (χ3n) is 3.62. The summed E-state index contributed by atoms with van der Waals surface area (Å²) >= 11 is 0. The summed E-state index contributed by atoms with van der Waals surface area (Å²) < 4.78 is 18.3. The van der Waals surface area contributed by atoms with Crippen LogP contribution in [0.1, 0.15) is 29.5 Å². The van der Waals surface area contributed by atoms with Crippen molar-refractivity contribution in [3.63, 3.8) is 0 Å². The summed E-state index contributed by atoms with van der Waals surface area (Å²) in [5.41, 5.74) is 3.03. The van der Waals surface area contributed by atoms with E-state index in [4.69, 9.17) is 4.52 Å². The van der Waals surface area contributed by atoms with E-state index in [0.29, 0.717) is 19.0 Å². The number of benzene rings is 1. The third-order valence-corrected chi connectivity index (χ3v) is 3.62. The first kappa shape index (κ1) is 17.0. The molecule has 0 atom stereocenters. The zero-order valence-corrected chi connectivity index (χ0v) is 13.8. The molecule has 1 aromatic carbocycles. The number of hydrogen-bond acceptors (Lipinski definition) is 3. The van der Waals surface area contributed by atoms with Gasteiger partial charge in [0.05, 0.1) is 12.2 Å². The molecule has 0 amide bonds. The Morgan fingerprint density at radius 2 is 2.13 bits per heavy atom. The van der Waals surface area contributed by atoms with Crippen LogP contribution in [0.2, 0.25) is 0 Å². The molecule has 1 aromatic heterocycles. The van der Waals surface area contributed by atoms with Crippen LogP contribution in [0.5, 0.6) is 0 Å². The van der Waals surface area contributed by atoms with Crippen molar-refractivity contribution in [3.8, 4) is 0 Å². The van der Waals surface area contributed by atoms with Crippen LogP contribution in [-0.4, -0.2) is 24.7 Å². The summed E-state index contributed by atoms with van der Waals surface area (Å²) in [6.07, 6.45) is 1.66.